The zero-order valence-corrected chi connectivity index (χ0v) is 13.0. The summed E-state index contributed by atoms with van der Waals surface area (Å²) < 4.78 is 22.7. The second-order valence-electron chi connectivity index (χ2n) is 5.31. The Labute approximate surface area is 128 Å². The summed E-state index contributed by atoms with van der Waals surface area (Å²) in [4.78, 5) is 24.8. The average molecular weight is 326 g/mol. The van der Waals surface area contributed by atoms with E-state index in [9.17, 15) is 18.0 Å². The molecule has 0 radical (unpaired) electrons. The van der Waals surface area contributed by atoms with E-state index in [-0.39, 0.29) is 17.3 Å². The first-order valence-corrected chi connectivity index (χ1v) is 8.73. The van der Waals surface area contributed by atoms with Gasteiger partial charge in [0, 0.05) is 11.9 Å². The van der Waals surface area contributed by atoms with Gasteiger partial charge in [-0.15, -0.1) is 0 Å². The molecular formula is C14H18N2O5S. The van der Waals surface area contributed by atoms with Gasteiger partial charge in [0.15, 0.2) is 9.84 Å². The monoisotopic (exact) mass is 326 g/mol. The molecule has 1 aliphatic heterocycles. The minimum atomic E-state index is -3.27. The van der Waals surface area contributed by atoms with Crippen LogP contribution in [0.5, 0.6) is 0 Å². The molecule has 22 heavy (non-hydrogen) atoms. The second kappa shape index (κ2) is 6.45. The lowest BCUT2D eigenvalue weighted by atomic mass is 10.2. The topological polar surface area (TPSA) is 104 Å². The van der Waals surface area contributed by atoms with Crippen molar-refractivity contribution < 1.29 is 23.1 Å². The highest BCUT2D eigenvalue weighted by atomic mass is 32.2. The van der Waals surface area contributed by atoms with Crippen LogP contribution in [0.15, 0.2) is 29.2 Å². The van der Waals surface area contributed by atoms with E-state index in [0.29, 0.717) is 18.7 Å². The zero-order chi connectivity index (χ0) is 16.3. The minimum Gasteiger partial charge on any atom is -0.480 e. The van der Waals surface area contributed by atoms with Crippen LogP contribution in [0, 0.1) is 0 Å². The van der Waals surface area contributed by atoms with Crippen molar-refractivity contribution in [2.75, 3.05) is 24.7 Å². The Kier molecular flexibility index (Phi) is 4.82. The van der Waals surface area contributed by atoms with E-state index in [1.165, 1.54) is 24.3 Å². The Bertz CT molecular complexity index is 669. The molecule has 1 amide bonds. The van der Waals surface area contributed by atoms with Crippen molar-refractivity contribution in [1.29, 1.82) is 0 Å². The van der Waals surface area contributed by atoms with E-state index >= 15 is 0 Å². The van der Waals surface area contributed by atoms with Crippen molar-refractivity contribution >= 4 is 27.4 Å². The summed E-state index contributed by atoms with van der Waals surface area (Å²) in [5.41, 5.74) is 0.475. The van der Waals surface area contributed by atoms with Gasteiger partial charge in [0.25, 0.3) is 0 Å². The summed E-state index contributed by atoms with van der Waals surface area (Å²) in [5.74, 6) is -1.23. The van der Waals surface area contributed by atoms with Crippen LogP contribution in [-0.4, -0.2) is 55.7 Å². The van der Waals surface area contributed by atoms with Gasteiger partial charge in [-0.2, -0.15) is 0 Å². The smallest absolute Gasteiger partial charge is 0.320 e. The third-order valence-electron chi connectivity index (χ3n) is 3.56. The van der Waals surface area contributed by atoms with Gasteiger partial charge in [0.1, 0.15) is 6.04 Å². The number of rotatable bonds is 5. The second-order valence-corrected chi connectivity index (χ2v) is 7.33. The van der Waals surface area contributed by atoms with Crippen molar-refractivity contribution in [3.05, 3.63) is 24.3 Å². The predicted molar refractivity (Wildman–Crippen MR) is 80.4 cm³/mol. The number of amides is 1. The van der Waals surface area contributed by atoms with Crippen LogP contribution in [0.2, 0.25) is 0 Å². The molecular weight excluding hydrogens is 308 g/mol. The molecule has 1 aromatic rings. The molecule has 0 aliphatic carbocycles. The number of likely N-dealkylation sites (tertiary alicyclic amines) is 1. The molecule has 0 spiro atoms. The van der Waals surface area contributed by atoms with E-state index in [4.69, 9.17) is 5.11 Å². The first-order valence-electron chi connectivity index (χ1n) is 6.84. The normalized spacial score (nSPS) is 19.0. The number of aliphatic carboxylic acids is 1. The van der Waals surface area contributed by atoms with E-state index in [2.05, 4.69) is 5.32 Å². The van der Waals surface area contributed by atoms with E-state index < -0.39 is 21.8 Å². The van der Waals surface area contributed by atoms with Crippen LogP contribution in [0.1, 0.15) is 12.8 Å². The van der Waals surface area contributed by atoms with Gasteiger partial charge in [-0.1, -0.05) is 0 Å². The third-order valence-corrected chi connectivity index (χ3v) is 4.69. The fraction of sp³-hybridized carbons (Fsp3) is 0.429. The first-order chi connectivity index (χ1) is 10.3. The number of nitrogens with zero attached hydrogens (tertiary/aromatic N) is 1. The number of carboxylic acid groups (broad SMARTS) is 1. The molecule has 1 atom stereocenters. The quantitative estimate of drug-likeness (QED) is 0.820. The standard InChI is InChI=1S/C14H18N2O5S/c1-22(20,21)11-6-4-10(5-7-11)15-13(17)9-16-8-2-3-12(16)14(18)19/h4-7,12H,2-3,8-9H2,1H3,(H,15,17)(H,18,19)/t12-/m0/s1. The van der Waals surface area contributed by atoms with Crippen LogP contribution >= 0.6 is 0 Å². The Hall–Kier alpha value is -1.93. The summed E-state index contributed by atoms with van der Waals surface area (Å²) in [6.45, 7) is 0.586. The van der Waals surface area contributed by atoms with Gasteiger partial charge in [0.2, 0.25) is 5.91 Å². The molecule has 7 nitrogen and oxygen atoms in total. The summed E-state index contributed by atoms with van der Waals surface area (Å²) in [5, 5.41) is 11.7. The number of sulfone groups is 1. The fourth-order valence-electron chi connectivity index (χ4n) is 2.47. The first kappa shape index (κ1) is 16.4. The summed E-state index contributed by atoms with van der Waals surface area (Å²) in [6.07, 6.45) is 2.42. The number of hydrogen-bond acceptors (Lipinski definition) is 5. The molecule has 1 heterocycles. The van der Waals surface area contributed by atoms with E-state index in [1.54, 1.807) is 4.90 Å². The van der Waals surface area contributed by atoms with Crippen LogP contribution in [0.3, 0.4) is 0 Å². The van der Waals surface area contributed by atoms with Gasteiger partial charge in [0.05, 0.1) is 11.4 Å². The highest BCUT2D eigenvalue weighted by molar-refractivity contribution is 7.90. The highest BCUT2D eigenvalue weighted by Crippen LogP contribution is 2.18. The van der Waals surface area contributed by atoms with Gasteiger partial charge in [-0.3, -0.25) is 14.5 Å². The summed E-state index contributed by atoms with van der Waals surface area (Å²) >= 11 is 0. The molecule has 1 saturated heterocycles. The number of anilines is 1. The lowest BCUT2D eigenvalue weighted by molar-refractivity contribution is -0.142. The molecule has 8 heteroatoms. The Morgan fingerprint density at radius 3 is 2.50 bits per heavy atom. The molecule has 1 aliphatic rings. The highest BCUT2D eigenvalue weighted by Gasteiger charge is 2.31. The van der Waals surface area contributed by atoms with Crippen molar-refractivity contribution in [2.45, 2.75) is 23.8 Å². The Balaban J connectivity index is 1.96. The maximum Gasteiger partial charge on any atom is 0.320 e. The van der Waals surface area contributed by atoms with Crippen molar-refractivity contribution in [1.82, 2.24) is 4.90 Å². The number of carbonyl (C=O) groups is 2. The molecule has 2 rings (SSSR count). The van der Waals surface area contributed by atoms with E-state index in [0.717, 1.165) is 12.7 Å². The van der Waals surface area contributed by atoms with Gasteiger partial charge in [-0.05, 0) is 43.7 Å². The van der Waals surface area contributed by atoms with Gasteiger partial charge < -0.3 is 10.4 Å². The van der Waals surface area contributed by atoms with Gasteiger partial charge in [-0.25, -0.2) is 8.42 Å². The molecule has 0 saturated carbocycles. The summed E-state index contributed by atoms with van der Waals surface area (Å²) in [7, 11) is -3.27. The number of carboxylic acids is 1. The molecule has 0 bridgehead atoms. The molecule has 0 unspecified atom stereocenters. The minimum absolute atomic E-state index is 0.00476. The lowest BCUT2D eigenvalue weighted by Gasteiger charge is -2.20. The molecule has 0 aromatic heterocycles. The fourth-order valence-corrected chi connectivity index (χ4v) is 3.10. The van der Waals surface area contributed by atoms with Crippen LogP contribution in [0.4, 0.5) is 5.69 Å². The summed E-state index contributed by atoms with van der Waals surface area (Å²) in [6, 6.07) is 5.24. The number of nitrogens with one attached hydrogen (secondary N) is 1. The molecule has 120 valence electrons. The largest absolute Gasteiger partial charge is 0.480 e. The Morgan fingerprint density at radius 2 is 1.95 bits per heavy atom. The maximum atomic E-state index is 12.0. The molecule has 1 aromatic carbocycles. The zero-order valence-electron chi connectivity index (χ0n) is 12.2. The predicted octanol–water partition coefficient (Wildman–Crippen LogP) is 0.578. The number of hydrogen-bond donors (Lipinski definition) is 2. The average Bonchev–Trinajstić information content (AvgIpc) is 2.86. The van der Waals surface area contributed by atoms with Gasteiger partial charge >= 0.3 is 5.97 Å². The maximum absolute atomic E-state index is 12.0. The van der Waals surface area contributed by atoms with Crippen molar-refractivity contribution in [2.24, 2.45) is 0 Å². The third kappa shape index (κ3) is 4.05. The molecule has 2 N–H and O–H groups in total. The SMILES string of the molecule is CS(=O)(=O)c1ccc(NC(=O)CN2CCC[C@H]2C(=O)O)cc1. The van der Waals surface area contributed by atoms with E-state index in [1.807, 2.05) is 0 Å². The molecule has 1 fully saturated rings. The van der Waals surface area contributed by atoms with Crippen LogP contribution in [-0.2, 0) is 19.4 Å². The number of carbonyl (C=O) groups excluding carboxylic acids is 1. The number of benzene rings is 1. The van der Waals surface area contributed by atoms with Crippen LogP contribution < -0.4 is 5.32 Å². The van der Waals surface area contributed by atoms with Crippen LogP contribution in [0.25, 0.3) is 0 Å². The Morgan fingerprint density at radius 1 is 1.32 bits per heavy atom. The lowest BCUT2D eigenvalue weighted by Crippen LogP contribution is -2.40. The van der Waals surface area contributed by atoms with Crippen molar-refractivity contribution in [3.63, 3.8) is 0 Å². The van der Waals surface area contributed by atoms with Crippen molar-refractivity contribution in [3.8, 4) is 0 Å².